The summed E-state index contributed by atoms with van der Waals surface area (Å²) in [5.74, 6) is 6.90. The Morgan fingerprint density at radius 1 is 1.03 bits per heavy atom. The van der Waals surface area contributed by atoms with E-state index >= 15 is 0 Å². The number of piperazine rings is 1. The van der Waals surface area contributed by atoms with Gasteiger partial charge in [-0.1, -0.05) is 30.0 Å². The maximum atomic E-state index is 10.9. The number of β-amino-alcohol motifs (C(OH)–C–C–N with tert-alkyl or cyclic N) is 1. The molecule has 3 heterocycles. The highest BCUT2D eigenvalue weighted by Gasteiger charge is 2.33. The summed E-state index contributed by atoms with van der Waals surface area (Å²) in [5, 5.41) is 20.6. The van der Waals surface area contributed by atoms with Crippen molar-refractivity contribution in [2.75, 3.05) is 44.2 Å². The molecule has 1 aromatic carbocycles. The number of nitrogens with zero attached hydrogens (tertiary/aromatic N) is 4. The lowest BCUT2D eigenvalue weighted by molar-refractivity contribution is -0.0172. The Morgan fingerprint density at radius 2 is 1.78 bits per heavy atom. The minimum Gasteiger partial charge on any atom is -0.390 e. The van der Waals surface area contributed by atoms with E-state index in [9.17, 15) is 10.2 Å². The molecule has 1 aromatic heterocycles. The van der Waals surface area contributed by atoms with Gasteiger partial charge in [0.2, 0.25) is 0 Å². The van der Waals surface area contributed by atoms with Crippen LogP contribution in [0.2, 0.25) is 0 Å². The average molecular weight is 435 g/mol. The number of aliphatic hydroxyl groups excluding tert-OH is 1. The van der Waals surface area contributed by atoms with Gasteiger partial charge in [-0.3, -0.25) is 9.80 Å². The fraction of sp³-hybridized carbons (Fsp3) is 0.500. The first-order valence-corrected chi connectivity index (χ1v) is 11.5. The minimum atomic E-state index is -0.982. The average Bonchev–Trinajstić information content (AvgIpc) is 2.79. The molecule has 2 atom stereocenters. The standard InChI is InChI=1S/C26H34N4O2/c1-26(2,32)12-10-21-6-8-22(9-7-21)19-28-14-11-23(24(31)20-28)29-15-17-30(18-16-29)25-5-3-4-13-27-25/h3-9,13,23-24,31-32H,11,14-20H2,1-2H3. The van der Waals surface area contributed by atoms with Crippen molar-refractivity contribution in [3.63, 3.8) is 0 Å². The number of piperidine rings is 1. The second-order valence-corrected chi connectivity index (χ2v) is 9.38. The Bertz CT molecular complexity index is 922. The molecule has 2 fully saturated rings. The van der Waals surface area contributed by atoms with Crippen LogP contribution in [0.15, 0.2) is 48.7 Å². The Labute approximate surface area is 191 Å². The predicted octanol–water partition coefficient (Wildman–Crippen LogP) is 1.96. The van der Waals surface area contributed by atoms with Gasteiger partial charge in [0.1, 0.15) is 11.4 Å². The topological polar surface area (TPSA) is 63.1 Å². The smallest absolute Gasteiger partial charge is 0.128 e. The first kappa shape index (κ1) is 22.8. The van der Waals surface area contributed by atoms with Crippen molar-refractivity contribution in [1.29, 1.82) is 0 Å². The molecular weight excluding hydrogens is 400 g/mol. The summed E-state index contributed by atoms with van der Waals surface area (Å²) in [6.45, 7) is 9.72. The van der Waals surface area contributed by atoms with Crippen molar-refractivity contribution >= 4 is 5.82 Å². The highest BCUT2D eigenvalue weighted by molar-refractivity contribution is 5.38. The van der Waals surface area contributed by atoms with Gasteiger partial charge in [0.05, 0.1) is 6.10 Å². The van der Waals surface area contributed by atoms with Crippen LogP contribution in [0, 0.1) is 11.8 Å². The summed E-state index contributed by atoms with van der Waals surface area (Å²) in [6.07, 6.45) is 2.50. The summed E-state index contributed by atoms with van der Waals surface area (Å²) in [4.78, 5) is 11.6. The second kappa shape index (κ2) is 10.0. The molecular formula is C26H34N4O2. The zero-order valence-electron chi connectivity index (χ0n) is 19.1. The molecule has 2 aliphatic heterocycles. The van der Waals surface area contributed by atoms with Gasteiger partial charge in [-0.2, -0.15) is 0 Å². The van der Waals surface area contributed by atoms with E-state index in [1.54, 1.807) is 13.8 Å². The number of aliphatic hydroxyl groups is 2. The van der Waals surface area contributed by atoms with Crippen LogP contribution in [0.25, 0.3) is 0 Å². The third kappa shape index (κ3) is 6.08. The van der Waals surface area contributed by atoms with Crippen molar-refractivity contribution < 1.29 is 10.2 Å². The number of aromatic nitrogens is 1. The molecule has 0 saturated carbocycles. The van der Waals surface area contributed by atoms with Crippen LogP contribution in [-0.4, -0.2) is 82.0 Å². The van der Waals surface area contributed by atoms with Gasteiger partial charge < -0.3 is 15.1 Å². The van der Waals surface area contributed by atoms with Crippen molar-refractivity contribution in [2.24, 2.45) is 0 Å². The first-order valence-electron chi connectivity index (χ1n) is 11.5. The number of hydrogen-bond donors (Lipinski definition) is 2. The summed E-state index contributed by atoms with van der Waals surface area (Å²) in [6, 6.07) is 14.5. The fourth-order valence-electron chi connectivity index (χ4n) is 4.55. The molecule has 0 radical (unpaired) electrons. The van der Waals surface area contributed by atoms with Crippen LogP contribution < -0.4 is 4.90 Å². The van der Waals surface area contributed by atoms with E-state index in [0.717, 1.165) is 57.1 Å². The molecule has 32 heavy (non-hydrogen) atoms. The number of hydrogen-bond acceptors (Lipinski definition) is 6. The predicted molar refractivity (Wildman–Crippen MR) is 127 cm³/mol. The van der Waals surface area contributed by atoms with E-state index in [0.29, 0.717) is 6.54 Å². The van der Waals surface area contributed by atoms with E-state index in [2.05, 4.69) is 49.7 Å². The van der Waals surface area contributed by atoms with Crippen LogP contribution in [0.1, 0.15) is 31.4 Å². The van der Waals surface area contributed by atoms with Gasteiger partial charge in [-0.05, 0) is 50.1 Å². The highest BCUT2D eigenvalue weighted by atomic mass is 16.3. The first-order chi connectivity index (χ1) is 15.4. The maximum Gasteiger partial charge on any atom is 0.128 e. The summed E-state index contributed by atoms with van der Waals surface area (Å²) >= 11 is 0. The molecule has 6 heteroatoms. The monoisotopic (exact) mass is 434 g/mol. The van der Waals surface area contributed by atoms with Crippen LogP contribution in [0.5, 0.6) is 0 Å². The van der Waals surface area contributed by atoms with Gasteiger partial charge in [-0.25, -0.2) is 4.98 Å². The number of likely N-dealkylation sites (tertiary alicyclic amines) is 1. The molecule has 2 unspecified atom stereocenters. The lowest BCUT2D eigenvalue weighted by Crippen LogP contribution is -2.58. The molecule has 0 spiro atoms. The largest absolute Gasteiger partial charge is 0.390 e. The van der Waals surface area contributed by atoms with Crippen LogP contribution in [0.3, 0.4) is 0 Å². The number of benzene rings is 1. The zero-order valence-corrected chi connectivity index (χ0v) is 19.1. The Hall–Kier alpha value is -2.43. The number of pyridine rings is 1. The Kier molecular flexibility index (Phi) is 7.12. The van der Waals surface area contributed by atoms with Gasteiger partial charge in [0.15, 0.2) is 0 Å². The molecule has 2 N–H and O–H groups in total. The van der Waals surface area contributed by atoms with E-state index in [1.807, 2.05) is 30.5 Å². The van der Waals surface area contributed by atoms with Gasteiger partial charge in [0, 0.05) is 63.6 Å². The van der Waals surface area contributed by atoms with E-state index < -0.39 is 5.60 Å². The molecule has 2 saturated heterocycles. The van der Waals surface area contributed by atoms with Crippen molar-refractivity contribution in [2.45, 2.75) is 44.6 Å². The molecule has 0 aliphatic carbocycles. The van der Waals surface area contributed by atoms with Gasteiger partial charge in [-0.15, -0.1) is 0 Å². The van der Waals surface area contributed by atoms with E-state index in [4.69, 9.17) is 0 Å². The van der Waals surface area contributed by atoms with Crippen LogP contribution in [0.4, 0.5) is 5.82 Å². The lowest BCUT2D eigenvalue weighted by Gasteiger charge is -2.45. The normalized spacial score (nSPS) is 22.9. The van der Waals surface area contributed by atoms with Crippen molar-refractivity contribution in [3.05, 3.63) is 59.8 Å². The van der Waals surface area contributed by atoms with Crippen LogP contribution in [-0.2, 0) is 6.54 Å². The fourth-order valence-corrected chi connectivity index (χ4v) is 4.55. The summed E-state index contributed by atoms with van der Waals surface area (Å²) < 4.78 is 0. The number of anilines is 1. The molecule has 6 nitrogen and oxygen atoms in total. The lowest BCUT2D eigenvalue weighted by atomic mass is 9.98. The molecule has 170 valence electrons. The van der Waals surface area contributed by atoms with Gasteiger partial charge in [0.25, 0.3) is 0 Å². The third-order valence-corrected chi connectivity index (χ3v) is 6.26. The number of rotatable bonds is 4. The molecule has 0 bridgehead atoms. The SMILES string of the molecule is CC(C)(O)C#Cc1ccc(CN2CCC(N3CCN(c4ccccn4)CC3)C(O)C2)cc1. The van der Waals surface area contributed by atoms with E-state index in [-0.39, 0.29) is 12.1 Å². The quantitative estimate of drug-likeness (QED) is 0.718. The van der Waals surface area contributed by atoms with Crippen LogP contribution >= 0.6 is 0 Å². The van der Waals surface area contributed by atoms with Gasteiger partial charge >= 0.3 is 0 Å². The van der Waals surface area contributed by atoms with Crippen molar-refractivity contribution in [3.8, 4) is 11.8 Å². The third-order valence-electron chi connectivity index (χ3n) is 6.26. The minimum absolute atomic E-state index is 0.233. The molecule has 4 rings (SSSR count). The second-order valence-electron chi connectivity index (χ2n) is 9.38. The maximum absolute atomic E-state index is 10.9. The highest BCUT2D eigenvalue weighted by Crippen LogP contribution is 2.22. The van der Waals surface area contributed by atoms with Crippen molar-refractivity contribution in [1.82, 2.24) is 14.8 Å². The molecule has 0 amide bonds. The molecule has 2 aliphatic rings. The summed E-state index contributed by atoms with van der Waals surface area (Å²) in [5.41, 5.74) is 1.14. The Balaban J connectivity index is 1.26. The summed E-state index contributed by atoms with van der Waals surface area (Å²) in [7, 11) is 0. The zero-order chi connectivity index (χ0) is 22.6. The molecule has 2 aromatic rings. The van der Waals surface area contributed by atoms with E-state index in [1.165, 1.54) is 5.56 Å². The Morgan fingerprint density at radius 3 is 2.41 bits per heavy atom.